The summed E-state index contributed by atoms with van der Waals surface area (Å²) in [5, 5.41) is 6.94. The van der Waals surface area contributed by atoms with Crippen LogP contribution in [0.3, 0.4) is 0 Å². The maximum atomic E-state index is 12.9. The summed E-state index contributed by atoms with van der Waals surface area (Å²) in [6.45, 7) is 6.58. The zero-order valence-electron chi connectivity index (χ0n) is 12.5. The highest BCUT2D eigenvalue weighted by molar-refractivity contribution is 7.07. The van der Waals surface area contributed by atoms with E-state index in [2.05, 4.69) is 11.9 Å². The largest absolute Gasteiger partial charge is 0.331 e. The highest BCUT2D eigenvalue weighted by atomic mass is 32.1. The summed E-state index contributed by atoms with van der Waals surface area (Å²) in [5.74, 6) is -0.284. The summed E-state index contributed by atoms with van der Waals surface area (Å²) < 4.78 is 12.9. The monoisotopic (exact) mass is 318 g/mol. The zero-order chi connectivity index (χ0) is 15.9. The normalized spacial score (nSPS) is 11.7. The Morgan fingerprint density at radius 1 is 1.41 bits per heavy atom. The molecule has 0 aliphatic rings. The van der Waals surface area contributed by atoms with Crippen molar-refractivity contribution < 1.29 is 9.18 Å². The first-order valence-corrected chi connectivity index (χ1v) is 7.97. The molecular weight excluding hydrogens is 299 g/mol. The Bertz CT molecular complexity index is 610. The highest BCUT2D eigenvalue weighted by Gasteiger charge is 2.16. The van der Waals surface area contributed by atoms with E-state index in [1.807, 2.05) is 23.8 Å². The minimum Gasteiger partial charge on any atom is -0.331 e. The molecule has 1 atom stereocenters. The second kappa shape index (κ2) is 7.75. The molecule has 0 aliphatic carbocycles. The van der Waals surface area contributed by atoms with Crippen molar-refractivity contribution in [2.45, 2.75) is 19.5 Å². The third-order valence-electron chi connectivity index (χ3n) is 3.30. The molecule has 0 unspecified atom stereocenters. The maximum absolute atomic E-state index is 12.9. The fourth-order valence-corrected chi connectivity index (χ4v) is 2.75. The quantitative estimate of drug-likeness (QED) is 0.789. The van der Waals surface area contributed by atoms with E-state index in [0.717, 1.165) is 11.1 Å². The lowest BCUT2D eigenvalue weighted by Crippen LogP contribution is -2.40. The van der Waals surface area contributed by atoms with E-state index >= 15 is 0 Å². The molecule has 2 rings (SSSR count). The molecule has 1 heterocycles. The number of carbonyl (C=O) groups excluding carboxylic acids is 1. The van der Waals surface area contributed by atoms with Crippen LogP contribution in [-0.4, -0.2) is 17.5 Å². The summed E-state index contributed by atoms with van der Waals surface area (Å²) in [7, 11) is 0. The Kier molecular flexibility index (Phi) is 5.72. The van der Waals surface area contributed by atoms with Gasteiger partial charge in [-0.05, 0) is 47.0 Å². The molecule has 0 radical (unpaired) electrons. The highest BCUT2D eigenvalue weighted by Crippen LogP contribution is 2.14. The third-order valence-corrected chi connectivity index (χ3v) is 4.03. The van der Waals surface area contributed by atoms with E-state index in [4.69, 9.17) is 0 Å². The number of amides is 2. The molecule has 116 valence electrons. The van der Waals surface area contributed by atoms with E-state index in [1.54, 1.807) is 34.4 Å². The number of carbonyl (C=O) groups is 1. The van der Waals surface area contributed by atoms with Crippen LogP contribution >= 0.6 is 11.3 Å². The van der Waals surface area contributed by atoms with Crippen molar-refractivity contribution in [3.8, 4) is 0 Å². The molecule has 0 bridgehead atoms. The minimum atomic E-state index is -0.284. The number of rotatable bonds is 6. The lowest BCUT2D eigenvalue weighted by Gasteiger charge is -2.24. The van der Waals surface area contributed by atoms with Crippen molar-refractivity contribution in [3.05, 3.63) is 70.7 Å². The summed E-state index contributed by atoms with van der Waals surface area (Å²) in [5.41, 5.74) is 1.96. The molecule has 0 saturated carbocycles. The van der Waals surface area contributed by atoms with Crippen molar-refractivity contribution in [3.63, 3.8) is 0 Å². The standard InChI is InChI=1S/C17H19FN2OS/c1-3-9-20(11-14-8-10-22-12-14)17(21)19-13(2)15-4-6-16(18)7-5-15/h3-8,10,12-13H,1,9,11H2,2H3,(H,19,21)/t13-/m0/s1. The van der Waals surface area contributed by atoms with Crippen molar-refractivity contribution in [1.29, 1.82) is 0 Å². The van der Waals surface area contributed by atoms with Crippen LogP contribution < -0.4 is 5.32 Å². The number of nitrogens with one attached hydrogen (secondary N) is 1. The van der Waals surface area contributed by atoms with E-state index < -0.39 is 0 Å². The number of benzene rings is 1. The molecule has 22 heavy (non-hydrogen) atoms. The Labute approximate surface area is 134 Å². The van der Waals surface area contributed by atoms with Gasteiger partial charge in [-0.2, -0.15) is 11.3 Å². The Balaban J connectivity index is 2.00. The van der Waals surface area contributed by atoms with Crippen LogP contribution in [0.25, 0.3) is 0 Å². The Morgan fingerprint density at radius 3 is 2.73 bits per heavy atom. The summed E-state index contributed by atoms with van der Waals surface area (Å²) >= 11 is 1.60. The molecule has 2 amide bonds. The fourth-order valence-electron chi connectivity index (χ4n) is 2.09. The van der Waals surface area contributed by atoms with Crippen LogP contribution in [0.5, 0.6) is 0 Å². The lowest BCUT2D eigenvalue weighted by molar-refractivity contribution is 0.197. The molecule has 3 nitrogen and oxygen atoms in total. The average Bonchev–Trinajstić information content (AvgIpc) is 3.00. The van der Waals surface area contributed by atoms with E-state index in [-0.39, 0.29) is 17.9 Å². The first-order chi connectivity index (χ1) is 10.6. The van der Waals surface area contributed by atoms with Crippen LogP contribution in [0.15, 0.2) is 53.7 Å². The number of hydrogen-bond donors (Lipinski definition) is 1. The average molecular weight is 318 g/mol. The van der Waals surface area contributed by atoms with E-state index in [0.29, 0.717) is 13.1 Å². The molecule has 1 aromatic carbocycles. The topological polar surface area (TPSA) is 32.3 Å². The van der Waals surface area contributed by atoms with Gasteiger partial charge in [-0.1, -0.05) is 18.2 Å². The lowest BCUT2D eigenvalue weighted by atomic mass is 10.1. The van der Waals surface area contributed by atoms with Gasteiger partial charge in [0.2, 0.25) is 0 Å². The van der Waals surface area contributed by atoms with Crippen molar-refractivity contribution in [2.75, 3.05) is 6.54 Å². The maximum Gasteiger partial charge on any atom is 0.318 e. The molecule has 0 saturated heterocycles. The molecule has 0 fully saturated rings. The van der Waals surface area contributed by atoms with Crippen molar-refractivity contribution >= 4 is 17.4 Å². The summed E-state index contributed by atoms with van der Waals surface area (Å²) in [6.07, 6.45) is 1.70. The second-order valence-electron chi connectivity index (χ2n) is 5.02. The van der Waals surface area contributed by atoms with Crippen molar-refractivity contribution in [2.24, 2.45) is 0 Å². The van der Waals surface area contributed by atoms with Gasteiger partial charge < -0.3 is 10.2 Å². The Hall–Kier alpha value is -2.14. The summed E-state index contributed by atoms with van der Waals surface area (Å²) in [4.78, 5) is 14.1. The SMILES string of the molecule is C=CCN(Cc1ccsc1)C(=O)N[C@@H](C)c1ccc(F)cc1. The van der Waals surface area contributed by atoms with Crippen molar-refractivity contribution in [1.82, 2.24) is 10.2 Å². The smallest absolute Gasteiger partial charge is 0.318 e. The molecule has 0 spiro atoms. The molecule has 2 aromatic rings. The van der Waals surface area contributed by atoms with E-state index in [9.17, 15) is 9.18 Å². The van der Waals surface area contributed by atoms with E-state index in [1.165, 1.54) is 12.1 Å². The van der Waals surface area contributed by atoms with Crippen LogP contribution in [0.1, 0.15) is 24.1 Å². The van der Waals surface area contributed by atoms with Gasteiger partial charge in [0.15, 0.2) is 0 Å². The molecule has 1 aromatic heterocycles. The number of thiophene rings is 1. The van der Waals surface area contributed by atoms with Crippen LogP contribution in [-0.2, 0) is 6.54 Å². The molecule has 5 heteroatoms. The number of urea groups is 1. The summed E-state index contributed by atoms with van der Waals surface area (Å²) in [6, 6.07) is 7.78. The van der Waals surface area contributed by atoms with Gasteiger partial charge in [0.25, 0.3) is 0 Å². The minimum absolute atomic E-state index is 0.164. The van der Waals surface area contributed by atoms with Crippen LogP contribution in [0.2, 0.25) is 0 Å². The van der Waals surface area contributed by atoms with Gasteiger partial charge in [-0.25, -0.2) is 9.18 Å². The Morgan fingerprint density at radius 2 is 2.14 bits per heavy atom. The van der Waals surface area contributed by atoms with Crippen LogP contribution in [0, 0.1) is 5.82 Å². The first-order valence-electron chi connectivity index (χ1n) is 7.03. The fraction of sp³-hybridized carbons (Fsp3) is 0.235. The van der Waals surface area contributed by atoms with Gasteiger partial charge >= 0.3 is 6.03 Å². The van der Waals surface area contributed by atoms with Gasteiger partial charge in [0.1, 0.15) is 5.82 Å². The van der Waals surface area contributed by atoms with Gasteiger partial charge in [-0.3, -0.25) is 0 Å². The number of halogens is 1. The van der Waals surface area contributed by atoms with Crippen LogP contribution in [0.4, 0.5) is 9.18 Å². The zero-order valence-corrected chi connectivity index (χ0v) is 13.3. The van der Waals surface area contributed by atoms with Gasteiger partial charge in [-0.15, -0.1) is 6.58 Å². The molecular formula is C17H19FN2OS. The first kappa shape index (κ1) is 16.2. The second-order valence-corrected chi connectivity index (χ2v) is 5.80. The third kappa shape index (κ3) is 4.43. The molecule has 0 aliphatic heterocycles. The number of nitrogens with zero attached hydrogens (tertiary/aromatic N) is 1. The molecule has 1 N–H and O–H groups in total. The van der Waals surface area contributed by atoms with Gasteiger partial charge in [0, 0.05) is 13.1 Å². The predicted molar refractivity (Wildman–Crippen MR) is 88.3 cm³/mol. The number of hydrogen-bond acceptors (Lipinski definition) is 2. The predicted octanol–water partition coefficient (Wildman–Crippen LogP) is 4.35. The van der Waals surface area contributed by atoms with Gasteiger partial charge in [0.05, 0.1) is 6.04 Å².